The first-order chi connectivity index (χ1) is 12.6. The predicted octanol–water partition coefficient (Wildman–Crippen LogP) is 2.40. The average Bonchev–Trinajstić information content (AvgIpc) is 2.64. The predicted molar refractivity (Wildman–Crippen MR) is 100 cm³/mol. The van der Waals surface area contributed by atoms with Gasteiger partial charge in [-0.3, -0.25) is 14.6 Å². The van der Waals surface area contributed by atoms with Crippen LogP contribution >= 0.6 is 0 Å². The van der Waals surface area contributed by atoms with Crippen LogP contribution in [0.3, 0.4) is 0 Å². The molecule has 6 nitrogen and oxygen atoms in total. The SMILES string of the molecule is Cc1cccc(C)c1OCCCC(=O)NCCNC(=O)c1ccccn1. The number of hydrogen-bond acceptors (Lipinski definition) is 4. The number of carbonyl (C=O) groups is 2. The first kappa shape index (κ1) is 19.4. The van der Waals surface area contributed by atoms with Gasteiger partial charge in [0.2, 0.25) is 5.91 Å². The van der Waals surface area contributed by atoms with Gasteiger partial charge in [0.05, 0.1) is 6.61 Å². The fraction of sp³-hybridized carbons (Fsp3) is 0.350. The van der Waals surface area contributed by atoms with Gasteiger partial charge in [0.1, 0.15) is 11.4 Å². The zero-order valence-electron chi connectivity index (χ0n) is 15.2. The summed E-state index contributed by atoms with van der Waals surface area (Å²) in [4.78, 5) is 27.6. The molecule has 2 N–H and O–H groups in total. The Hall–Kier alpha value is -2.89. The van der Waals surface area contributed by atoms with E-state index >= 15 is 0 Å². The minimum absolute atomic E-state index is 0.0535. The number of pyridine rings is 1. The Labute approximate surface area is 154 Å². The summed E-state index contributed by atoms with van der Waals surface area (Å²) >= 11 is 0. The van der Waals surface area contributed by atoms with Gasteiger partial charge in [0.25, 0.3) is 5.91 Å². The highest BCUT2D eigenvalue weighted by Crippen LogP contribution is 2.22. The van der Waals surface area contributed by atoms with E-state index in [0.29, 0.717) is 38.2 Å². The fourth-order valence-corrected chi connectivity index (χ4v) is 2.49. The zero-order valence-corrected chi connectivity index (χ0v) is 15.2. The summed E-state index contributed by atoms with van der Waals surface area (Å²) in [6, 6.07) is 11.2. The Kier molecular flexibility index (Phi) is 7.61. The van der Waals surface area contributed by atoms with Crippen LogP contribution in [0.25, 0.3) is 0 Å². The maximum atomic E-state index is 11.8. The molecule has 0 aliphatic carbocycles. The van der Waals surface area contributed by atoms with Crippen LogP contribution in [0.1, 0.15) is 34.5 Å². The van der Waals surface area contributed by atoms with E-state index in [4.69, 9.17) is 4.74 Å². The molecule has 1 aromatic heterocycles. The first-order valence-electron chi connectivity index (χ1n) is 8.73. The summed E-state index contributed by atoms with van der Waals surface area (Å²) in [5.74, 6) is 0.592. The van der Waals surface area contributed by atoms with Gasteiger partial charge in [0, 0.05) is 25.7 Å². The van der Waals surface area contributed by atoms with Crippen molar-refractivity contribution < 1.29 is 14.3 Å². The topological polar surface area (TPSA) is 80.3 Å². The first-order valence-corrected chi connectivity index (χ1v) is 8.73. The third-order valence-corrected chi connectivity index (χ3v) is 3.83. The van der Waals surface area contributed by atoms with Crippen molar-refractivity contribution in [1.82, 2.24) is 15.6 Å². The molecule has 0 aliphatic heterocycles. The highest BCUT2D eigenvalue weighted by molar-refractivity contribution is 5.92. The Morgan fingerprint density at radius 1 is 1.00 bits per heavy atom. The van der Waals surface area contributed by atoms with E-state index in [0.717, 1.165) is 16.9 Å². The number of nitrogens with zero attached hydrogens (tertiary/aromatic N) is 1. The van der Waals surface area contributed by atoms with E-state index in [1.54, 1.807) is 24.4 Å². The van der Waals surface area contributed by atoms with Crippen LogP contribution in [-0.4, -0.2) is 36.5 Å². The quantitative estimate of drug-likeness (QED) is 0.677. The van der Waals surface area contributed by atoms with Crippen molar-refractivity contribution in [3.8, 4) is 5.75 Å². The molecule has 26 heavy (non-hydrogen) atoms. The summed E-state index contributed by atoms with van der Waals surface area (Å²) < 4.78 is 5.78. The van der Waals surface area contributed by atoms with E-state index in [2.05, 4.69) is 15.6 Å². The summed E-state index contributed by atoms with van der Waals surface area (Å²) in [5, 5.41) is 5.50. The van der Waals surface area contributed by atoms with Crippen molar-refractivity contribution in [2.45, 2.75) is 26.7 Å². The Morgan fingerprint density at radius 2 is 1.73 bits per heavy atom. The van der Waals surface area contributed by atoms with Crippen molar-refractivity contribution >= 4 is 11.8 Å². The van der Waals surface area contributed by atoms with Crippen LogP contribution < -0.4 is 15.4 Å². The lowest BCUT2D eigenvalue weighted by atomic mass is 10.1. The van der Waals surface area contributed by atoms with E-state index in [-0.39, 0.29) is 11.8 Å². The van der Waals surface area contributed by atoms with Gasteiger partial charge in [-0.1, -0.05) is 24.3 Å². The minimum Gasteiger partial charge on any atom is -0.493 e. The van der Waals surface area contributed by atoms with Crippen molar-refractivity contribution in [2.24, 2.45) is 0 Å². The summed E-state index contributed by atoms with van der Waals surface area (Å²) in [6.07, 6.45) is 2.59. The highest BCUT2D eigenvalue weighted by Gasteiger charge is 2.06. The maximum Gasteiger partial charge on any atom is 0.269 e. The lowest BCUT2D eigenvalue weighted by molar-refractivity contribution is -0.121. The molecule has 0 bridgehead atoms. The number of benzene rings is 1. The summed E-state index contributed by atoms with van der Waals surface area (Å²) in [5.41, 5.74) is 2.55. The molecule has 0 aliphatic rings. The van der Waals surface area contributed by atoms with Gasteiger partial charge in [-0.2, -0.15) is 0 Å². The summed E-state index contributed by atoms with van der Waals surface area (Å²) in [6.45, 7) is 5.26. The molecule has 2 rings (SSSR count). The van der Waals surface area contributed by atoms with E-state index < -0.39 is 0 Å². The molecule has 1 aromatic carbocycles. The molecule has 0 spiro atoms. The number of hydrogen-bond donors (Lipinski definition) is 2. The van der Waals surface area contributed by atoms with Crippen molar-refractivity contribution in [1.29, 1.82) is 0 Å². The Bertz CT molecular complexity index is 712. The molecule has 0 atom stereocenters. The van der Waals surface area contributed by atoms with Crippen LogP contribution in [0.2, 0.25) is 0 Å². The van der Waals surface area contributed by atoms with Crippen molar-refractivity contribution in [3.05, 3.63) is 59.4 Å². The lowest BCUT2D eigenvalue weighted by Crippen LogP contribution is -2.35. The normalized spacial score (nSPS) is 10.2. The molecule has 0 saturated heterocycles. The number of rotatable bonds is 9. The second-order valence-corrected chi connectivity index (χ2v) is 5.99. The average molecular weight is 355 g/mol. The third kappa shape index (κ3) is 6.20. The molecule has 2 aromatic rings. The van der Waals surface area contributed by atoms with Gasteiger partial charge in [0.15, 0.2) is 0 Å². The van der Waals surface area contributed by atoms with Crippen LogP contribution in [-0.2, 0) is 4.79 Å². The lowest BCUT2D eigenvalue weighted by Gasteiger charge is -2.12. The van der Waals surface area contributed by atoms with Crippen molar-refractivity contribution in [2.75, 3.05) is 19.7 Å². The molecular weight excluding hydrogens is 330 g/mol. The standard InChI is InChI=1S/C20H25N3O3/c1-15-7-5-8-16(2)19(15)26-14-6-10-18(24)22-12-13-23-20(25)17-9-3-4-11-21-17/h3-5,7-9,11H,6,10,12-14H2,1-2H3,(H,22,24)(H,23,25). The van der Waals surface area contributed by atoms with Crippen LogP contribution in [0.4, 0.5) is 0 Å². The number of aromatic nitrogens is 1. The monoisotopic (exact) mass is 355 g/mol. The van der Waals surface area contributed by atoms with E-state index in [1.807, 2.05) is 32.0 Å². The van der Waals surface area contributed by atoms with Gasteiger partial charge in [-0.05, 0) is 43.5 Å². The molecule has 0 fully saturated rings. The molecule has 0 unspecified atom stereocenters. The van der Waals surface area contributed by atoms with Crippen LogP contribution in [0, 0.1) is 13.8 Å². The number of nitrogens with one attached hydrogen (secondary N) is 2. The molecule has 0 saturated carbocycles. The molecule has 0 radical (unpaired) electrons. The van der Waals surface area contributed by atoms with Gasteiger partial charge in [-0.15, -0.1) is 0 Å². The van der Waals surface area contributed by atoms with Gasteiger partial charge >= 0.3 is 0 Å². The number of aryl methyl sites for hydroxylation is 2. The number of amides is 2. The molecule has 2 amide bonds. The number of para-hydroxylation sites is 1. The van der Waals surface area contributed by atoms with Crippen molar-refractivity contribution in [3.63, 3.8) is 0 Å². The fourth-order valence-electron chi connectivity index (χ4n) is 2.49. The van der Waals surface area contributed by atoms with E-state index in [9.17, 15) is 9.59 Å². The Balaban J connectivity index is 1.57. The number of carbonyl (C=O) groups excluding carboxylic acids is 2. The third-order valence-electron chi connectivity index (χ3n) is 3.83. The highest BCUT2D eigenvalue weighted by atomic mass is 16.5. The Morgan fingerprint density at radius 3 is 2.42 bits per heavy atom. The molecule has 6 heteroatoms. The molecule has 1 heterocycles. The van der Waals surface area contributed by atoms with Gasteiger partial charge < -0.3 is 15.4 Å². The maximum absolute atomic E-state index is 11.8. The zero-order chi connectivity index (χ0) is 18.8. The van der Waals surface area contributed by atoms with E-state index in [1.165, 1.54) is 0 Å². The van der Waals surface area contributed by atoms with Crippen LogP contribution in [0.15, 0.2) is 42.6 Å². The minimum atomic E-state index is -0.248. The molecule has 138 valence electrons. The molecular formula is C20H25N3O3. The van der Waals surface area contributed by atoms with Crippen LogP contribution in [0.5, 0.6) is 5.75 Å². The number of ether oxygens (including phenoxy) is 1. The largest absolute Gasteiger partial charge is 0.493 e. The smallest absolute Gasteiger partial charge is 0.269 e. The van der Waals surface area contributed by atoms with Gasteiger partial charge in [-0.25, -0.2) is 0 Å². The second kappa shape index (κ2) is 10.2. The second-order valence-electron chi connectivity index (χ2n) is 5.99. The summed E-state index contributed by atoms with van der Waals surface area (Å²) in [7, 11) is 0.